The number of nitrogens with two attached hydrogens (primary N) is 1. The number of esters is 1. The summed E-state index contributed by atoms with van der Waals surface area (Å²) < 4.78 is 4.57. The summed E-state index contributed by atoms with van der Waals surface area (Å²) in [6.07, 6.45) is 1.81. The van der Waals surface area contributed by atoms with E-state index in [0.29, 0.717) is 17.3 Å². The van der Waals surface area contributed by atoms with Crippen LogP contribution in [0.25, 0.3) is 0 Å². The molecule has 6 heteroatoms. The third-order valence-corrected chi connectivity index (χ3v) is 2.95. The van der Waals surface area contributed by atoms with Crippen LogP contribution >= 0.6 is 11.6 Å². The van der Waals surface area contributed by atoms with Gasteiger partial charge >= 0.3 is 5.97 Å². The highest BCUT2D eigenvalue weighted by Gasteiger charge is 2.13. The predicted molar refractivity (Wildman–Crippen MR) is 72.0 cm³/mol. The Balaban J connectivity index is 2.26. The molecule has 0 aliphatic heterocycles. The number of carbonyl (C=O) groups is 1. The van der Waals surface area contributed by atoms with Gasteiger partial charge in [0.05, 0.1) is 7.11 Å². The van der Waals surface area contributed by atoms with Crippen LogP contribution in [0, 0.1) is 0 Å². The summed E-state index contributed by atoms with van der Waals surface area (Å²) in [6.45, 7) is 0. The lowest BCUT2D eigenvalue weighted by Crippen LogP contribution is -2.10. The second-order valence-electron chi connectivity index (χ2n) is 3.84. The van der Waals surface area contributed by atoms with Gasteiger partial charge in [-0.3, -0.25) is 0 Å². The maximum Gasteiger partial charge on any atom is 0.343 e. The van der Waals surface area contributed by atoms with Gasteiger partial charge in [-0.05, 0) is 11.6 Å². The number of hydrogen-bond acceptors (Lipinski definition) is 5. The quantitative estimate of drug-likeness (QED) is 0.869. The van der Waals surface area contributed by atoms with Crippen molar-refractivity contribution < 1.29 is 9.53 Å². The van der Waals surface area contributed by atoms with Crippen molar-refractivity contribution in [1.82, 2.24) is 9.97 Å². The van der Waals surface area contributed by atoms with E-state index in [-0.39, 0.29) is 11.4 Å². The fraction of sp³-hybridized carbons (Fsp3) is 0.154. The van der Waals surface area contributed by atoms with E-state index in [2.05, 4.69) is 14.7 Å². The summed E-state index contributed by atoms with van der Waals surface area (Å²) in [5.41, 5.74) is 6.76. The average Bonchev–Trinajstić information content (AvgIpc) is 2.41. The Bertz CT molecular complexity index is 617. The van der Waals surface area contributed by atoms with Gasteiger partial charge in [-0.2, -0.15) is 0 Å². The minimum Gasteiger partial charge on any atom is -0.465 e. The summed E-state index contributed by atoms with van der Waals surface area (Å²) in [6, 6.07) is 7.41. The van der Waals surface area contributed by atoms with Gasteiger partial charge in [-0.1, -0.05) is 29.8 Å². The molecule has 2 aromatic rings. The van der Waals surface area contributed by atoms with Crippen molar-refractivity contribution in [2.24, 2.45) is 0 Å². The average molecular weight is 278 g/mol. The Hall–Kier alpha value is -2.14. The first kappa shape index (κ1) is 13.3. The van der Waals surface area contributed by atoms with Gasteiger partial charge in [0.25, 0.3) is 0 Å². The van der Waals surface area contributed by atoms with E-state index >= 15 is 0 Å². The number of carbonyl (C=O) groups excluding carboxylic acids is 1. The second kappa shape index (κ2) is 5.67. The number of aromatic nitrogens is 2. The fourth-order valence-electron chi connectivity index (χ4n) is 1.60. The van der Waals surface area contributed by atoms with E-state index < -0.39 is 5.97 Å². The van der Waals surface area contributed by atoms with Crippen LogP contribution in [0.5, 0.6) is 0 Å². The number of anilines is 1. The van der Waals surface area contributed by atoms with Gasteiger partial charge in [0.2, 0.25) is 0 Å². The van der Waals surface area contributed by atoms with Gasteiger partial charge in [-0.25, -0.2) is 14.8 Å². The number of benzene rings is 1. The molecule has 1 aromatic carbocycles. The normalized spacial score (nSPS) is 10.2. The first-order chi connectivity index (χ1) is 9.11. The molecule has 0 bridgehead atoms. The van der Waals surface area contributed by atoms with Crippen LogP contribution in [0.3, 0.4) is 0 Å². The van der Waals surface area contributed by atoms with Crippen LogP contribution in [0.1, 0.15) is 21.7 Å². The molecule has 0 unspecified atom stereocenters. The highest BCUT2D eigenvalue weighted by Crippen LogP contribution is 2.18. The first-order valence-electron chi connectivity index (χ1n) is 5.55. The third-order valence-electron chi connectivity index (χ3n) is 2.58. The summed E-state index contributed by atoms with van der Waals surface area (Å²) in [5.74, 6) is 0.0453. The monoisotopic (exact) mass is 277 g/mol. The number of nitrogens with zero attached hydrogens (tertiary/aromatic N) is 2. The standard InChI is InChI=1S/C13H12ClN3O2/c1-19-13(18)9-7-16-11(17-12(9)15)6-8-4-2-3-5-10(8)14/h2-5,7H,6H2,1H3,(H2,15,16,17). The zero-order chi connectivity index (χ0) is 13.8. The molecule has 0 atom stereocenters. The Morgan fingerprint density at radius 2 is 2.16 bits per heavy atom. The van der Waals surface area contributed by atoms with Crippen LogP contribution in [0.2, 0.25) is 5.02 Å². The van der Waals surface area contributed by atoms with E-state index in [1.807, 2.05) is 18.2 Å². The maximum atomic E-state index is 11.4. The lowest BCUT2D eigenvalue weighted by molar-refractivity contribution is 0.0601. The Kier molecular flexibility index (Phi) is 3.97. The summed E-state index contributed by atoms with van der Waals surface area (Å²) in [7, 11) is 1.28. The smallest absolute Gasteiger partial charge is 0.343 e. The molecule has 98 valence electrons. The van der Waals surface area contributed by atoms with E-state index in [9.17, 15) is 4.79 Å². The van der Waals surface area contributed by atoms with E-state index in [1.165, 1.54) is 13.3 Å². The van der Waals surface area contributed by atoms with Gasteiger partial charge < -0.3 is 10.5 Å². The van der Waals surface area contributed by atoms with Gasteiger partial charge in [-0.15, -0.1) is 0 Å². The molecule has 1 heterocycles. The molecule has 19 heavy (non-hydrogen) atoms. The lowest BCUT2D eigenvalue weighted by Gasteiger charge is -2.06. The SMILES string of the molecule is COC(=O)c1cnc(Cc2ccccc2Cl)nc1N. The molecule has 1 aromatic heterocycles. The van der Waals surface area contributed by atoms with E-state index in [0.717, 1.165) is 5.56 Å². The largest absolute Gasteiger partial charge is 0.465 e. The van der Waals surface area contributed by atoms with Gasteiger partial charge in [0, 0.05) is 17.6 Å². The Morgan fingerprint density at radius 3 is 2.79 bits per heavy atom. The number of halogens is 1. The van der Waals surface area contributed by atoms with Crippen LogP contribution in [-0.4, -0.2) is 23.0 Å². The minimum atomic E-state index is -0.554. The molecular formula is C13H12ClN3O2. The minimum absolute atomic E-state index is 0.101. The number of ether oxygens (including phenoxy) is 1. The molecule has 0 radical (unpaired) electrons. The van der Waals surface area contributed by atoms with Crippen LogP contribution in [-0.2, 0) is 11.2 Å². The highest BCUT2D eigenvalue weighted by atomic mass is 35.5. The summed E-state index contributed by atoms with van der Waals surface area (Å²) in [5, 5.41) is 0.640. The van der Waals surface area contributed by atoms with Crippen LogP contribution in [0.15, 0.2) is 30.5 Å². The molecule has 0 aliphatic carbocycles. The lowest BCUT2D eigenvalue weighted by atomic mass is 10.1. The molecule has 0 spiro atoms. The molecule has 5 nitrogen and oxygen atoms in total. The second-order valence-corrected chi connectivity index (χ2v) is 4.25. The first-order valence-corrected chi connectivity index (χ1v) is 5.92. The topological polar surface area (TPSA) is 78.1 Å². The predicted octanol–water partition coefficient (Wildman–Crippen LogP) is 2.09. The molecule has 0 fully saturated rings. The van der Waals surface area contributed by atoms with Crippen molar-refractivity contribution in [2.75, 3.05) is 12.8 Å². The third kappa shape index (κ3) is 3.00. The molecule has 0 saturated carbocycles. The summed E-state index contributed by atoms with van der Waals surface area (Å²) in [4.78, 5) is 19.5. The zero-order valence-electron chi connectivity index (χ0n) is 10.3. The molecule has 2 N–H and O–H groups in total. The van der Waals surface area contributed by atoms with Crippen molar-refractivity contribution in [3.8, 4) is 0 Å². The fourth-order valence-corrected chi connectivity index (χ4v) is 1.80. The molecule has 0 saturated heterocycles. The van der Waals surface area contributed by atoms with Crippen LogP contribution < -0.4 is 5.73 Å². The molecule has 0 amide bonds. The highest BCUT2D eigenvalue weighted by molar-refractivity contribution is 6.31. The number of rotatable bonds is 3. The van der Waals surface area contributed by atoms with Gasteiger partial charge in [0.15, 0.2) is 0 Å². The van der Waals surface area contributed by atoms with Crippen molar-refractivity contribution in [3.63, 3.8) is 0 Å². The number of hydrogen-bond donors (Lipinski definition) is 1. The zero-order valence-corrected chi connectivity index (χ0v) is 11.0. The van der Waals surface area contributed by atoms with Crippen molar-refractivity contribution in [2.45, 2.75) is 6.42 Å². The van der Waals surface area contributed by atoms with Crippen molar-refractivity contribution in [1.29, 1.82) is 0 Å². The summed E-state index contributed by atoms with van der Waals surface area (Å²) >= 11 is 6.06. The van der Waals surface area contributed by atoms with Crippen molar-refractivity contribution >= 4 is 23.4 Å². The Morgan fingerprint density at radius 1 is 1.42 bits per heavy atom. The van der Waals surface area contributed by atoms with E-state index in [1.54, 1.807) is 6.07 Å². The Labute approximate surface area is 115 Å². The molecular weight excluding hydrogens is 266 g/mol. The van der Waals surface area contributed by atoms with Crippen molar-refractivity contribution in [3.05, 3.63) is 52.4 Å². The maximum absolute atomic E-state index is 11.4. The molecule has 2 rings (SSSR count). The van der Waals surface area contributed by atoms with E-state index in [4.69, 9.17) is 17.3 Å². The number of methoxy groups -OCH3 is 1. The van der Waals surface area contributed by atoms with Gasteiger partial charge in [0.1, 0.15) is 17.2 Å². The number of nitrogen functional groups attached to an aromatic ring is 1. The van der Waals surface area contributed by atoms with Crippen LogP contribution in [0.4, 0.5) is 5.82 Å². The molecule has 0 aliphatic rings.